The number of hydrogen-bond donors (Lipinski definition) is 0. The number of aryl methyl sites for hydroxylation is 1. The van der Waals surface area contributed by atoms with Crippen molar-refractivity contribution in [2.24, 2.45) is 0 Å². The van der Waals surface area contributed by atoms with Crippen molar-refractivity contribution >= 4 is 17.4 Å². The van der Waals surface area contributed by atoms with E-state index in [4.69, 9.17) is 9.72 Å². The van der Waals surface area contributed by atoms with Crippen molar-refractivity contribution in [3.05, 3.63) is 77.2 Å². The van der Waals surface area contributed by atoms with E-state index in [9.17, 15) is 5.26 Å². The van der Waals surface area contributed by atoms with Crippen LogP contribution in [0.25, 0.3) is 0 Å². The number of nitrogens with zero attached hydrogens (tertiary/aromatic N) is 6. The minimum atomic E-state index is -0.199. The first kappa shape index (κ1) is 25.7. The first-order valence-corrected chi connectivity index (χ1v) is 13.7. The summed E-state index contributed by atoms with van der Waals surface area (Å²) in [5.74, 6) is 0.823. The summed E-state index contributed by atoms with van der Waals surface area (Å²) in [5, 5.41) is 10.8. The van der Waals surface area contributed by atoms with Gasteiger partial charge in [-0.1, -0.05) is 36.0 Å². The maximum absolute atomic E-state index is 9.84. The van der Waals surface area contributed by atoms with Gasteiger partial charge in [0, 0.05) is 62.5 Å². The lowest BCUT2D eigenvalue weighted by atomic mass is 10.1. The summed E-state index contributed by atoms with van der Waals surface area (Å²) in [6.07, 6.45) is 2.62. The van der Waals surface area contributed by atoms with Gasteiger partial charge in [0.2, 0.25) is 0 Å². The molecule has 1 aromatic heterocycles. The molecule has 7 nitrogen and oxygen atoms in total. The van der Waals surface area contributed by atoms with Crippen molar-refractivity contribution in [1.82, 2.24) is 19.8 Å². The Kier molecular flexibility index (Phi) is 8.37. The van der Waals surface area contributed by atoms with Crippen LogP contribution in [0.5, 0.6) is 0 Å². The Morgan fingerprint density at radius 3 is 2.35 bits per heavy atom. The quantitative estimate of drug-likeness (QED) is 0.435. The first-order valence-electron chi connectivity index (χ1n) is 12.9. The Morgan fingerprint density at radius 1 is 0.973 bits per heavy atom. The number of morpholine rings is 1. The van der Waals surface area contributed by atoms with Gasteiger partial charge in [-0.25, -0.2) is 9.97 Å². The van der Waals surface area contributed by atoms with Gasteiger partial charge in [0.1, 0.15) is 16.9 Å². The van der Waals surface area contributed by atoms with E-state index in [1.165, 1.54) is 11.3 Å². The lowest BCUT2D eigenvalue weighted by Crippen LogP contribution is -2.45. The molecule has 5 rings (SSSR count). The van der Waals surface area contributed by atoms with E-state index < -0.39 is 0 Å². The zero-order valence-electron chi connectivity index (χ0n) is 21.6. The zero-order chi connectivity index (χ0) is 25.6. The summed E-state index contributed by atoms with van der Waals surface area (Å²) in [6.45, 7) is 9.35. The number of anilines is 1. The van der Waals surface area contributed by atoms with E-state index in [2.05, 4.69) is 88.3 Å². The highest BCUT2D eigenvalue weighted by Gasteiger charge is 2.23. The SMILES string of the molecule is Cc1cnc(Cc2ccc(N3CCOCC3)cc2)nc1Sc1ccc(C(C#N)N2CCN(C)CC2)cc1. The topological polar surface area (TPSA) is 68.5 Å². The molecule has 3 aromatic rings. The fraction of sp³-hybridized carbons (Fsp3) is 0.414. The van der Waals surface area contributed by atoms with Crippen molar-refractivity contribution in [3.8, 4) is 6.07 Å². The number of likely N-dealkylation sites (N-methyl/N-ethyl adjacent to an activating group) is 1. The number of ether oxygens (including phenoxy) is 1. The second kappa shape index (κ2) is 12.1. The second-order valence-corrected chi connectivity index (χ2v) is 10.8. The molecule has 1 unspecified atom stereocenters. The summed E-state index contributed by atoms with van der Waals surface area (Å²) in [5.41, 5.74) is 4.56. The van der Waals surface area contributed by atoms with Crippen molar-refractivity contribution in [3.63, 3.8) is 0 Å². The molecule has 2 aliphatic rings. The minimum absolute atomic E-state index is 0.199. The molecule has 0 aliphatic carbocycles. The summed E-state index contributed by atoms with van der Waals surface area (Å²) < 4.78 is 5.46. The van der Waals surface area contributed by atoms with Crippen LogP contribution >= 0.6 is 11.8 Å². The lowest BCUT2D eigenvalue weighted by molar-refractivity contribution is 0.122. The molecule has 0 saturated carbocycles. The number of rotatable bonds is 7. The number of piperazine rings is 1. The van der Waals surface area contributed by atoms with Crippen LogP contribution < -0.4 is 4.90 Å². The Labute approximate surface area is 224 Å². The van der Waals surface area contributed by atoms with E-state index in [0.29, 0.717) is 6.42 Å². The number of aromatic nitrogens is 2. The highest BCUT2D eigenvalue weighted by atomic mass is 32.2. The molecular weight excluding hydrogens is 480 g/mol. The summed E-state index contributed by atoms with van der Waals surface area (Å²) >= 11 is 1.65. The summed E-state index contributed by atoms with van der Waals surface area (Å²) in [6, 6.07) is 19.4. The maximum atomic E-state index is 9.84. The van der Waals surface area contributed by atoms with Crippen LogP contribution in [0.1, 0.15) is 28.6 Å². The number of benzene rings is 2. The van der Waals surface area contributed by atoms with Gasteiger partial charge in [-0.2, -0.15) is 5.26 Å². The minimum Gasteiger partial charge on any atom is -0.378 e. The van der Waals surface area contributed by atoms with Gasteiger partial charge in [0.05, 0.1) is 19.3 Å². The Balaban J connectivity index is 1.23. The van der Waals surface area contributed by atoms with Gasteiger partial charge in [0.15, 0.2) is 0 Å². The molecule has 2 fully saturated rings. The summed E-state index contributed by atoms with van der Waals surface area (Å²) in [4.78, 5) is 17.5. The van der Waals surface area contributed by atoms with Gasteiger partial charge in [-0.05, 0) is 54.9 Å². The van der Waals surface area contributed by atoms with E-state index in [0.717, 1.165) is 79.4 Å². The van der Waals surface area contributed by atoms with Crippen LogP contribution in [0.4, 0.5) is 5.69 Å². The average molecular weight is 515 g/mol. The Hall–Kier alpha value is -2.96. The molecule has 0 radical (unpaired) electrons. The normalized spacial score (nSPS) is 17.9. The smallest absolute Gasteiger partial charge is 0.133 e. The molecule has 2 aliphatic heterocycles. The second-order valence-electron chi connectivity index (χ2n) is 9.76. The monoisotopic (exact) mass is 514 g/mol. The number of hydrogen-bond acceptors (Lipinski definition) is 8. The fourth-order valence-corrected chi connectivity index (χ4v) is 5.62. The molecule has 2 aromatic carbocycles. The van der Waals surface area contributed by atoms with Crippen LogP contribution in [-0.2, 0) is 11.2 Å². The van der Waals surface area contributed by atoms with Gasteiger partial charge in [-0.15, -0.1) is 0 Å². The Bertz CT molecular complexity index is 1210. The molecule has 0 N–H and O–H groups in total. The van der Waals surface area contributed by atoms with E-state index in [-0.39, 0.29) is 6.04 Å². The van der Waals surface area contributed by atoms with Crippen LogP contribution in [0.15, 0.2) is 64.6 Å². The third kappa shape index (κ3) is 6.49. The number of nitriles is 1. The van der Waals surface area contributed by atoms with Gasteiger partial charge < -0.3 is 14.5 Å². The molecule has 0 bridgehead atoms. The molecule has 8 heteroatoms. The maximum Gasteiger partial charge on any atom is 0.133 e. The average Bonchev–Trinajstić information content (AvgIpc) is 2.94. The third-order valence-corrected chi connectivity index (χ3v) is 8.20. The molecule has 0 amide bonds. The van der Waals surface area contributed by atoms with Crippen molar-refractivity contribution < 1.29 is 4.74 Å². The van der Waals surface area contributed by atoms with Crippen LogP contribution in [0, 0.1) is 18.3 Å². The fourth-order valence-electron chi connectivity index (χ4n) is 4.75. The predicted octanol–water partition coefficient (Wildman–Crippen LogP) is 4.18. The standard InChI is InChI=1S/C29H34N6OS/c1-22-21-31-28(19-23-3-7-25(8-4-23)34-15-17-36-18-16-34)32-29(22)37-26-9-5-24(6-10-26)27(20-30)35-13-11-33(2)12-14-35/h3-10,21,27H,11-19H2,1-2H3. The molecule has 0 spiro atoms. The Morgan fingerprint density at radius 2 is 1.68 bits per heavy atom. The van der Waals surface area contributed by atoms with Crippen LogP contribution in [0.2, 0.25) is 0 Å². The van der Waals surface area contributed by atoms with Crippen LogP contribution in [0.3, 0.4) is 0 Å². The lowest BCUT2D eigenvalue weighted by Gasteiger charge is -2.35. The summed E-state index contributed by atoms with van der Waals surface area (Å²) in [7, 11) is 2.13. The molecule has 2 saturated heterocycles. The van der Waals surface area contributed by atoms with Crippen molar-refractivity contribution in [2.75, 3.05) is 64.4 Å². The molecule has 1 atom stereocenters. The largest absolute Gasteiger partial charge is 0.378 e. The molecule has 37 heavy (non-hydrogen) atoms. The first-order chi connectivity index (χ1) is 18.1. The zero-order valence-corrected chi connectivity index (χ0v) is 22.5. The van der Waals surface area contributed by atoms with Gasteiger partial charge in [0.25, 0.3) is 0 Å². The highest BCUT2D eigenvalue weighted by molar-refractivity contribution is 7.99. The van der Waals surface area contributed by atoms with E-state index in [1.807, 2.05) is 6.20 Å². The van der Waals surface area contributed by atoms with E-state index >= 15 is 0 Å². The van der Waals surface area contributed by atoms with Gasteiger partial charge in [-0.3, -0.25) is 4.90 Å². The van der Waals surface area contributed by atoms with Crippen molar-refractivity contribution in [2.45, 2.75) is 29.3 Å². The van der Waals surface area contributed by atoms with Crippen molar-refractivity contribution in [1.29, 1.82) is 5.26 Å². The third-order valence-electron chi connectivity index (χ3n) is 7.09. The highest BCUT2D eigenvalue weighted by Crippen LogP contribution is 2.31. The molecule has 192 valence electrons. The van der Waals surface area contributed by atoms with Crippen LogP contribution in [-0.4, -0.2) is 79.3 Å². The molecular formula is C29H34N6OS. The molecule has 3 heterocycles. The predicted molar refractivity (Wildman–Crippen MR) is 147 cm³/mol. The van der Waals surface area contributed by atoms with Gasteiger partial charge >= 0.3 is 0 Å². The van der Waals surface area contributed by atoms with E-state index in [1.54, 1.807) is 11.8 Å².